The molecule has 0 aliphatic rings. The summed E-state index contributed by atoms with van der Waals surface area (Å²) in [5, 5.41) is 6.60. The standard InChI is InChI=1S/C31H28N4O/c1-34-19-25(23-11-3-5-14-28(23)34)22(26-20-35(2)29-15-6-4-12-24(26)29)16-17-30(36)33-27-13-7-9-21-10-8-18-32-31(21)27/h3-15,18-20,22H,16-17H2,1-2H3,(H,33,36). The Bertz CT molecular complexity index is 1640. The Hall–Kier alpha value is -4.38. The van der Waals surface area contributed by atoms with Gasteiger partial charge in [0.15, 0.2) is 0 Å². The molecule has 0 bridgehead atoms. The number of hydrogen-bond acceptors (Lipinski definition) is 2. The van der Waals surface area contributed by atoms with Crippen LogP contribution in [-0.4, -0.2) is 20.0 Å². The van der Waals surface area contributed by atoms with E-state index in [4.69, 9.17) is 0 Å². The van der Waals surface area contributed by atoms with E-state index in [1.807, 2.05) is 30.3 Å². The lowest BCUT2D eigenvalue weighted by Crippen LogP contribution is -2.14. The van der Waals surface area contributed by atoms with Gasteiger partial charge in [-0.3, -0.25) is 9.78 Å². The zero-order valence-electron chi connectivity index (χ0n) is 20.5. The second-order valence-corrected chi connectivity index (χ2v) is 9.45. The van der Waals surface area contributed by atoms with Crippen LogP contribution in [0, 0.1) is 0 Å². The predicted octanol–water partition coefficient (Wildman–Crippen LogP) is 6.77. The maximum Gasteiger partial charge on any atom is 0.224 e. The molecular weight excluding hydrogens is 444 g/mol. The summed E-state index contributed by atoms with van der Waals surface area (Å²) in [6.07, 6.45) is 7.31. The summed E-state index contributed by atoms with van der Waals surface area (Å²) in [5.41, 5.74) is 6.47. The highest BCUT2D eigenvalue weighted by Gasteiger charge is 2.24. The van der Waals surface area contributed by atoms with E-state index in [2.05, 4.69) is 94.5 Å². The third-order valence-corrected chi connectivity index (χ3v) is 7.17. The van der Waals surface area contributed by atoms with Crippen LogP contribution in [0.25, 0.3) is 32.7 Å². The molecule has 0 atom stereocenters. The van der Waals surface area contributed by atoms with E-state index in [-0.39, 0.29) is 11.8 Å². The van der Waals surface area contributed by atoms with Crippen molar-refractivity contribution in [2.24, 2.45) is 14.1 Å². The van der Waals surface area contributed by atoms with Crippen molar-refractivity contribution in [1.29, 1.82) is 0 Å². The number of amides is 1. The van der Waals surface area contributed by atoms with E-state index >= 15 is 0 Å². The van der Waals surface area contributed by atoms with E-state index in [1.54, 1.807) is 6.20 Å². The monoisotopic (exact) mass is 472 g/mol. The molecule has 6 aromatic rings. The first kappa shape index (κ1) is 22.1. The molecule has 178 valence electrons. The largest absolute Gasteiger partial charge is 0.350 e. The number of anilines is 1. The van der Waals surface area contributed by atoms with Gasteiger partial charge in [-0.1, -0.05) is 54.6 Å². The van der Waals surface area contributed by atoms with Crippen LogP contribution in [0.3, 0.4) is 0 Å². The van der Waals surface area contributed by atoms with Gasteiger partial charge in [-0.15, -0.1) is 0 Å². The number of pyridine rings is 1. The maximum absolute atomic E-state index is 13.2. The number of nitrogens with zero attached hydrogens (tertiary/aromatic N) is 3. The van der Waals surface area contributed by atoms with Crippen LogP contribution in [-0.2, 0) is 18.9 Å². The average molecular weight is 473 g/mol. The van der Waals surface area contributed by atoms with Gasteiger partial charge < -0.3 is 14.5 Å². The number of benzene rings is 3. The first-order chi connectivity index (χ1) is 17.6. The number of carbonyl (C=O) groups excluding carboxylic acids is 1. The van der Waals surface area contributed by atoms with Crippen LogP contribution < -0.4 is 5.32 Å². The van der Waals surface area contributed by atoms with Crippen molar-refractivity contribution in [3.8, 4) is 0 Å². The van der Waals surface area contributed by atoms with Crippen molar-refractivity contribution in [1.82, 2.24) is 14.1 Å². The third kappa shape index (κ3) is 3.83. The molecule has 3 aromatic carbocycles. The molecule has 1 amide bonds. The van der Waals surface area contributed by atoms with Gasteiger partial charge in [0.1, 0.15) is 0 Å². The third-order valence-electron chi connectivity index (χ3n) is 7.17. The summed E-state index contributed by atoms with van der Waals surface area (Å²) in [4.78, 5) is 17.7. The molecule has 5 heteroatoms. The highest BCUT2D eigenvalue weighted by Crippen LogP contribution is 2.39. The fourth-order valence-corrected chi connectivity index (χ4v) is 5.47. The van der Waals surface area contributed by atoms with E-state index in [0.717, 1.165) is 16.6 Å². The number of carbonyl (C=O) groups is 1. The second kappa shape index (κ2) is 9.00. The van der Waals surface area contributed by atoms with Crippen LogP contribution in [0.15, 0.2) is 97.5 Å². The summed E-state index contributed by atoms with van der Waals surface area (Å²) >= 11 is 0. The SMILES string of the molecule is Cn1cc(C(CCC(=O)Nc2cccc3cccnc23)c2cn(C)c3ccccc23)c2ccccc21. The quantitative estimate of drug-likeness (QED) is 0.291. The van der Waals surface area contributed by atoms with Crippen molar-refractivity contribution in [3.05, 3.63) is 109 Å². The minimum absolute atomic E-state index is 0.00127. The second-order valence-electron chi connectivity index (χ2n) is 9.45. The fourth-order valence-electron chi connectivity index (χ4n) is 5.47. The molecule has 5 nitrogen and oxygen atoms in total. The van der Waals surface area contributed by atoms with Gasteiger partial charge >= 0.3 is 0 Å². The van der Waals surface area contributed by atoms with Gasteiger partial charge in [-0.05, 0) is 41.8 Å². The van der Waals surface area contributed by atoms with Crippen LogP contribution in [0.4, 0.5) is 5.69 Å². The Labute approximate surface area is 210 Å². The summed E-state index contributed by atoms with van der Waals surface area (Å²) < 4.78 is 4.37. The fraction of sp³-hybridized carbons (Fsp3) is 0.161. The number of fused-ring (bicyclic) bond motifs is 3. The van der Waals surface area contributed by atoms with E-state index in [0.29, 0.717) is 12.8 Å². The van der Waals surface area contributed by atoms with Gasteiger partial charge in [-0.25, -0.2) is 0 Å². The first-order valence-electron chi connectivity index (χ1n) is 12.3. The van der Waals surface area contributed by atoms with Crippen molar-refractivity contribution >= 4 is 44.3 Å². The number of para-hydroxylation sites is 3. The molecule has 0 radical (unpaired) electrons. The molecule has 0 saturated heterocycles. The topological polar surface area (TPSA) is 51.9 Å². The highest BCUT2D eigenvalue weighted by atomic mass is 16.1. The van der Waals surface area contributed by atoms with E-state index in [9.17, 15) is 4.79 Å². The molecule has 0 aliphatic carbocycles. The number of nitrogens with one attached hydrogen (secondary N) is 1. The molecule has 6 rings (SSSR count). The molecule has 3 aromatic heterocycles. The van der Waals surface area contributed by atoms with Gasteiger partial charge in [0.05, 0.1) is 11.2 Å². The number of rotatable bonds is 6. The number of hydrogen-bond donors (Lipinski definition) is 1. The van der Waals surface area contributed by atoms with Crippen LogP contribution in [0.1, 0.15) is 29.9 Å². The molecule has 0 unspecified atom stereocenters. The van der Waals surface area contributed by atoms with Crippen molar-refractivity contribution in [2.45, 2.75) is 18.8 Å². The molecular formula is C31H28N4O. The van der Waals surface area contributed by atoms with Crippen LogP contribution in [0.5, 0.6) is 0 Å². The Morgan fingerprint density at radius 3 is 2.08 bits per heavy atom. The van der Waals surface area contributed by atoms with E-state index in [1.165, 1.54) is 32.9 Å². The van der Waals surface area contributed by atoms with Crippen molar-refractivity contribution in [2.75, 3.05) is 5.32 Å². The highest BCUT2D eigenvalue weighted by molar-refractivity contribution is 6.00. The van der Waals surface area contributed by atoms with Crippen LogP contribution >= 0.6 is 0 Å². The van der Waals surface area contributed by atoms with Gasteiger partial charge in [0.25, 0.3) is 0 Å². The molecule has 0 saturated carbocycles. The molecule has 1 N–H and O–H groups in total. The Morgan fingerprint density at radius 1 is 0.806 bits per heavy atom. The summed E-state index contributed by atoms with van der Waals surface area (Å²) in [7, 11) is 4.18. The molecule has 36 heavy (non-hydrogen) atoms. The first-order valence-corrected chi connectivity index (χ1v) is 12.3. The Kier molecular flexibility index (Phi) is 5.53. The maximum atomic E-state index is 13.2. The zero-order chi connectivity index (χ0) is 24.6. The van der Waals surface area contributed by atoms with Gasteiger partial charge in [-0.2, -0.15) is 0 Å². The van der Waals surface area contributed by atoms with Crippen molar-refractivity contribution < 1.29 is 4.79 Å². The normalized spacial score (nSPS) is 11.6. The molecule has 0 spiro atoms. The van der Waals surface area contributed by atoms with Gasteiger partial charge in [0.2, 0.25) is 5.91 Å². The lowest BCUT2D eigenvalue weighted by molar-refractivity contribution is -0.116. The minimum atomic E-state index is -0.00127. The smallest absolute Gasteiger partial charge is 0.224 e. The lowest BCUT2D eigenvalue weighted by Gasteiger charge is -2.17. The molecule has 0 fully saturated rings. The summed E-state index contributed by atoms with van der Waals surface area (Å²) in [6.45, 7) is 0. The number of aromatic nitrogens is 3. The Balaban J connectivity index is 1.36. The van der Waals surface area contributed by atoms with Crippen LogP contribution in [0.2, 0.25) is 0 Å². The van der Waals surface area contributed by atoms with E-state index < -0.39 is 0 Å². The van der Waals surface area contributed by atoms with Gasteiger partial charge in [0, 0.05) is 72.2 Å². The predicted molar refractivity (Wildman–Crippen MR) is 147 cm³/mol. The molecule has 3 heterocycles. The lowest BCUT2D eigenvalue weighted by atomic mass is 9.87. The average Bonchev–Trinajstić information content (AvgIpc) is 3.42. The van der Waals surface area contributed by atoms with Crippen molar-refractivity contribution in [3.63, 3.8) is 0 Å². The Morgan fingerprint density at radius 2 is 1.42 bits per heavy atom. The zero-order valence-corrected chi connectivity index (χ0v) is 20.5. The summed E-state index contributed by atoms with van der Waals surface area (Å²) in [6, 6.07) is 26.8. The molecule has 0 aliphatic heterocycles. The number of aryl methyl sites for hydroxylation is 2. The summed E-state index contributed by atoms with van der Waals surface area (Å²) in [5.74, 6) is 0.0808. The minimum Gasteiger partial charge on any atom is -0.350 e.